The molecule has 1 aliphatic heterocycles. The Morgan fingerprint density at radius 1 is 1.19 bits per heavy atom. The molecular formula is C19H23Cl2N3O2. The summed E-state index contributed by atoms with van der Waals surface area (Å²) >= 11 is 9.87. The zero-order chi connectivity index (χ0) is 19.0. The van der Waals surface area contributed by atoms with Crippen LogP contribution >= 0.6 is 23.2 Å². The average molecular weight is 396 g/mol. The van der Waals surface area contributed by atoms with Crippen molar-refractivity contribution in [2.45, 2.75) is 37.7 Å². The lowest BCUT2D eigenvalue weighted by Crippen LogP contribution is -2.37. The highest BCUT2D eigenvalue weighted by atomic mass is 35.5. The molecule has 7 heteroatoms. The van der Waals surface area contributed by atoms with E-state index in [1.807, 2.05) is 6.07 Å². The maximum absolute atomic E-state index is 9.71. The summed E-state index contributed by atoms with van der Waals surface area (Å²) in [4.78, 5) is 18.3. The van der Waals surface area contributed by atoms with Gasteiger partial charge in [-0.2, -0.15) is 0 Å². The second-order valence-electron chi connectivity index (χ2n) is 6.36. The van der Waals surface area contributed by atoms with Gasteiger partial charge in [0.15, 0.2) is 11.4 Å². The predicted molar refractivity (Wildman–Crippen MR) is 105 cm³/mol. The van der Waals surface area contributed by atoms with E-state index in [4.69, 9.17) is 23.2 Å². The highest BCUT2D eigenvalue weighted by Gasteiger charge is 2.28. The molecule has 3 rings (SSSR count). The number of ether oxygens (including phenoxy) is 1. The lowest BCUT2D eigenvalue weighted by Gasteiger charge is -2.34. The van der Waals surface area contributed by atoms with Crippen LogP contribution in [0, 0.1) is 0 Å². The Balaban J connectivity index is 0.000000298. The number of alkyl halides is 1. The van der Waals surface area contributed by atoms with Gasteiger partial charge in [-0.1, -0.05) is 42.8 Å². The molecule has 1 fully saturated rings. The smallest absolute Gasteiger partial charge is 0.405 e. The minimum atomic E-state index is -0.873. The molecule has 1 N–H and O–H groups in total. The second-order valence-corrected chi connectivity index (χ2v) is 7.28. The van der Waals surface area contributed by atoms with Crippen LogP contribution in [0.1, 0.15) is 32.3 Å². The molecule has 5 nitrogen and oxygen atoms in total. The van der Waals surface area contributed by atoms with Gasteiger partial charge in [-0.3, -0.25) is 0 Å². The zero-order valence-electron chi connectivity index (χ0n) is 14.9. The third-order valence-electron chi connectivity index (χ3n) is 4.37. The van der Waals surface area contributed by atoms with Gasteiger partial charge in [0.2, 0.25) is 0 Å². The van der Waals surface area contributed by atoms with Crippen LogP contribution in [-0.4, -0.2) is 34.0 Å². The maximum Gasteiger partial charge on any atom is 0.405 e. The minimum absolute atomic E-state index is 0.307. The van der Waals surface area contributed by atoms with Crippen LogP contribution in [0.4, 0.5) is 4.79 Å². The summed E-state index contributed by atoms with van der Waals surface area (Å²) in [5.41, 5.74) is 1.31. The topological polar surface area (TPSA) is 64.1 Å². The average Bonchev–Trinajstić information content (AvgIpc) is 2.63. The number of carbonyl (C=O) groups excluding carboxylic acids is 1. The summed E-state index contributed by atoms with van der Waals surface area (Å²) in [5, 5.41) is 3.43. The Kier molecular flexibility index (Phi) is 7.82. The molecule has 1 aromatic heterocycles. The number of benzene rings is 1. The molecule has 26 heavy (non-hydrogen) atoms. The number of nitrogens with one attached hydrogen (secondary N) is 1. The van der Waals surface area contributed by atoms with E-state index in [1.54, 1.807) is 12.4 Å². The molecule has 140 valence electrons. The summed E-state index contributed by atoms with van der Waals surface area (Å²) in [6.07, 6.45) is 5.97. The number of rotatable bonds is 3. The van der Waals surface area contributed by atoms with E-state index in [9.17, 15) is 4.79 Å². The summed E-state index contributed by atoms with van der Waals surface area (Å²) in [5.74, 6) is 0.796. The molecule has 0 radical (unpaired) electrons. The van der Waals surface area contributed by atoms with Crippen molar-refractivity contribution in [2.24, 2.45) is 0 Å². The molecular weight excluding hydrogens is 373 g/mol. The normalized spacial score (nSPS) is 16.8. The fourth-order valence-corrected chi connectivity index (χ4v) is 3.12. The van der Waals surface area contributed by atoms with E-state index < -0.39 is 11.0 Å². The number of aromatic nitrogens is 2. The summed E-state index contributed by atoms with van der Waals surface area (Å²) in [6, 6.07) is 10.6. The monoisotopic (exact) mass is 395 g/mol. The predicted octanol–water partition coefficient (Wildman–Crippen LogP) is 4.73. The van der Waals surface area contributed by atoms with Gasteiger partial charge in [0.25, 0.3) is 0 Å². The van der Waals surface area contributed by atoms with Crippen molar-refractivity contribution in [1.82, 2.24) is 15.3 Å². The summed E-state index contributed by atoms with van der Waals surface area (Å²) in [6.45, 7) is 6.09. The van der Waals surface area contributed by atoms with Crippen LogP contribution in [0.5, 0.6) is 0 Å². The van der Waals surface area contributed by atoms with Gasteiger partial charge in [0, 0.05) is 29.6 Å². The highest BCUT2D eigenvalue weighted by molar-refractivity contribution is 6.61. The molecule has 0 bridgehead atoms. The Hall–Kier alpha value is -1.69. The summed E-state index contributed by atoms with van der Waals surface area (Å²) in [7, 11) is 0. The molecule has 2 heterocycles. The molecule has 1 aromatic carbocycles. The third kappa shape index (κ3) is 6.24. The van der Waals surface area contributed by atoms with E-state index in [-0.39, 0.29) is 0 Å². The first kappa shape index (κ1) is 20.6. The van der Waals surface area contributed by atoms with Gasteiger partial charge >= 0.3 is 5.43 Å². The van der Waals surface area contributed by atoms with Crippen molar-refractivity contribution >= 4 is 28.6 Å². The van der Waals surface area contributed by atoms with Crippen LogP contribution in [0.25, 0.3) is 11.4 Å². The Bertz CT molecular complexity index is 688. The van der Waals surface area contributed by atoms with Crippen molar-refractivity contribution < 1.29 is 9.53 Å². The second kappa shape index (κ2) is 9.86. The van der Waals surface area contributed by atoms with Crippen molar-refractivity contribution in [2.75, 3.05) is 13.1 Å². The molecule has 1 unspecified atom stereocenters. The maximum atomic E-state index is 9.71. The van der Waals surface area contributed by atoms with Crippen molar-refractivity contribution in [3.05, 3.63) is 48.3 Å². The van der Waals surface area contributed by atoms with Crippen molar-refractivity contribution in [1.29, 1.82) is 0 Å². The molecule has 2 aromatic rings. The van der Waals surface area contributed by atoms with Crippen LogP contribution < -0.4 is 5.32 Å². The van der Waals surface area contributed by atoms with Crippen LogP contribution in [-0.2, 0) is 10.2 Å². The largest absolute Gasteiger partial charge is 0.434 e. The Morgan fingerprint density at radius 3 is 2.23 bits per heavy atom. The van der Waals surface area contributed by atoms with Gasteiger partial charge in [-0.05, 0) is 49.9 Å². The lowest BCUT2D eigenvalue weighted by atomic mass is 9.75. The fourth-order valence-electron chi connectivity index (χ4n) is 2.86. The SMILES string of the molecule is CC(Cl)OC(=O)Cl.CC1(c2ccc(-c3ncccn3)cc2)CCNCC1. The first-order chi connectivity index (χ1) is 12.4. The lowest BCUT2D eigenvalue weighted by molar-refractivity contribution is 0.166. The number of halogens is 2. The van der Waals surface area contributed by atoms with Crippen molar-refractivity contribution in [3.8, 4) is 11.4 Å². The number of hydrogen-bond donors (Lipinski definition) is 1. The third-order valence-corrected chi connectivity index (χ3v) is 4.55. The molecule has 0 amide bonds. The summed E-state index contributed by atoms with van der Waals surface area (Å²) < 4.78 is 4.14. The minimum Gasteiger partial charge on any atom is -0.434 e. The van der Waals surface area contributed by atoms with E-state index in [0.29, 0.717) is 5.41 Å². The standard InChI is InChI=1S/C16H19N3.C3H4Cl2O2/c1-16(7-11-17-12-8-16)14-5-3-13(4-6-14)15-18-9-2-10-19-15;1-2(4)7-3(5)6/h2-6,9-10,17H,7-8,11-12H2,1H3;2H,1H3. The van der Waals surface area contributed by atoms with Gasteiger partial charge in [-0.15, -0.1) is 0 Å². The number of hydrogen-bond acceptors (Lipinski definition) is 5. The van der Waals surface area contributed by atoms with E-state index in [2.05, 4.69) is 51.2 Å². The van der Waals surface area contributed by atoms with Crippen LogP contribution in [0.2, 0.25) is 0 Å². The highest BCUT2D eigenvalue weighted by Crippen LogP contribution is 2.33. The van der Waals surface area contributed by atoms with Gasteiger partial charge in [0.05, 0.1) is 0 Å². The first-order valence-electron chi connectivity index (χ1n) is 8.49. The molecule has 1 aliphatic rings. The van der Waals surface area contributed by atoms with E-state index in [0.717, 1.165) is 24.5 Å². The Morgan fingerprint density at radius 2 is 1.77 bits per heavy atom. The van der Waals surface area contributed by atoms with Crippen LogP contribution in [0.15, 0.2) is 42.7 Å². The van der Waals surface area contributed by atoms with Gasteiger partial charge in [0.1, 0.15) is 0 Å². The number of carbonyl (C=O) groups is 1. The quantitative estimate of drug-likeness (QED) is 0.600. The molecule has 0 spiro atoms. The van der Waals surface area contributed by atoms with Gasteiger partial charge in [-0.25, -0.2) is 14.8 Å². The van der Waals surface area contributed by atoms with Gasteiger partial charge < -0.3 is 10.1 Å². The van der Waals surface area contributed by atoms with Crippen molar-refractivity contribution in [3.63, 3.8) is 0 Å². The first-order valence-corrected chi connectivity index (χ1v) is 9.31. The number of nitrogens with zero attached hydrogens (tertiary/aromatic N) is 2. The Labute approximate surface area is 164 Å². The van der Waals surface area contributed by atoms with E-state index in [1.165, 1.54) is 25.3 Å². The molecule has 0 aliphatic carbocycles. The molecule has 1 atom stereocenters. The number of piperidine rings is 1. The zero-order valence-corrected chi connectivity index (χ0v) is 16.4. The van der Waals surface area contributed by atoms with Crippen LogP contribution in [0.3, 0.4) is 0 Å². The fraction of sp³-hybridized carbons (Fsp3) is 0.421. The van der Waals surface area contributed by atoms with E-state index >= 15 is 0 Å². The molecule has 0 saturated carbocycles. The molecule has 1 saturated heterocycles.